The van der Waals surface area contributed by atoms with Crippen LogP contribution in [0.25, 0.3) is 10.8 Å². The lowest BCUT2D eigenvalue weighted by Gasteiger charge is -1.98. The fourth-order valence-electron chi connectivity index (χ4n) is 1.01. The Morgan fingerprint density at radius 3 is 2.93 bits per heavy atom. The van der Waals surface area contributed by atoms with Gasteiger partial charge in [-0.3, -0.25) is 4.79 Å². The van der Waals surface area contributed by atoms with Crippen LogP contribution in [-0.2, 0) is 0 Å². The van der Waals surface area contributed by atoms with Crippen LogP contribution >= 0.6 is 11.3 Å². The molecule has 0 amide bonds. The van der Waals surface area contributed by atoms with E-state index in [4.69, 9.17) is 0 Å². The maximum atomic E-state index is 12.9. The summed E-state index contributed by atoms with van der Waals surface area (Å²) in [5.41, 5.74) is -0.679. The van der Waals surface area contributed by atoms with Crippen molar-refractivity contribution in [3.8, 4) is 10.8 Å². The van der Waals surface area contributed by atoms with Crippen molar-refractivity contribution in [3.63, 3.8) is 0 Å². The maximum absolute atomic E-state index is 12.9. The van der Waals surface area contributed by atoms with Crippen LogP contribution in [0.4, 0.5) is 4.39 Å². The monoisotopic (exact) mass is 211 g/mol. The van der Waals surface area contributed by atoms with Gasteiger partial charge >= 0.3 is 0 Å². The van der Waals surface area contributed by atoms with E-state index in [0.717, 1.165) is 0 Å². The second-order valence-electron chi connectivity index (χ2n) is 2.65. The summed E-state index contributed by atoms with van der Waals surface area (Å²) in [6.07, 6.45) is 1.60. The van der Waals surface area contributed by atoms with Crippen LogP contribution < -0.4 is 5.56 Å². The first kappa shape index (κ1) is 9.01. The van der Waals surface area contributed by atoms with Crippen LogP contribution in [0.15, 0.2) is 16.4 Å². The van der Waals surface area contributed by atoms with E-state index in [9.17, 15) is 9.18 Å². The second kappa shape index (κ2) is 3.30. The largest absolute Gasteiger partial charge is 0.302 e. The number of thiazole rings is 1. The number of H-pyrrole nitrogens is 1. The highest BCUT2D eigenvalue weighted by Gasteiger charge is 2.09. The minimum atomic E-state index is -0.842. The molecule has 6 heteroatoms. The molecule has 2 aromatic rings. The van der Waals surface area contributed by atoms with Crippen molar-refractivity contribution in [1.82, 2.24) is 15.0 Å². The van der Waals surface area contributed by atoms with Gasteiger partial charge in [0.05, 0.1) is 5.69 Å². The zero-order chi connectivity index (χ0) is 10.1. The van der Waals surface area contributed by atoms with E-state index in [1.807, 2.05) is 0 Å². The molecule has 0 saturated carbocycles. The number of nitrogens with zero attached hydrogens (tertiary/aromatic N) is 2. The summed E-state index contributed by atoms with van der Waals surface area (Å²) in [5.74, 6) is -0.533. The van der Waals surface area contributed by atoms with E-state index >= 15 is 0 Å². The number of aryl methyl sites for hydroxylation is 1. The van der Waals surface area contributed by atoms with Gasteiger partial charge in [-0.15, -0.1) is 11.3 Å². The fourth-order valence-corrected chi connectivity index (χ4v) is 1.59. The Balaban J connectivity index is 2.63. The summed E-state index contributed by atoms with van der Waals surface area (Å²) in [4.78, 5) is 21.2. The smallest absolute Gasteiger partial charge is 0.287 e. The molecule has 0 atom stereocenters. The van der Waals surface area contributed by atoms with Crippen molar-refractivity contribution >= 4 is 11.3 Å². The average molecular weight is 211 g/mol. The Kier molecular flexibility index (Phi) is 2.12. The Labute approximate surface area is 82.5 Å². The van der Waals surface area contributed by atoms with Crippen molar-refractivity contribution in [2.75, 3.05) is 0 Å². The molecular formula is C8H6FN3OS. The lowest BCUT2D eigenvalue weighted by molar-refractivity contribution is 0.589. The normalized spacial score (nSPS) is 10.4. The minimum Gasteiger partial charge on any atom is -0.302 e. The summed E-state index contributed by atoms with van der Waals surface area (Å²) in [6.45, 7) is 1.45. The van der Waals surface area contributed by atoms with Gasteiger partial charge in [0.1, 0.15) is 0 Å². The molecule has 0 aliphatic heterocycles. The molecule has 0 aromatic carbocycles. The van der Waals surface area contributed by atoms with Crippen molar-refractivity contribution in [1.29, 1.82) is 0 Å². The summed E-state index contributed by atoms with van der Waals surface area (Å²) < 4.78 is 12.9. The molecule has 2 heterocycles. The van der Waals surface area contributed by atoms with Gasteiger partial charge in [0.25, 0.3) is 5.56 Å². The third-order valence-corrected chi connectivity index (χ3v) is 2.44. The van der Waals surface area contributed by atoms with Gasteiger partial charge in [0.15, 0.2) is 10.8 Å². The van der Waals surface area contributed by atoms with Crippen LogP contribution in [-0.4, -0.2) is 15.0 Å². The molecule has 0 spiro atoms. The van der Waals surface area contributed by atoms with Gasteiger partial charge in [-0.05, 0) is 6.92 Å². The lowest BCUT2D eigenvalue weighted by Crippen LogP contribution is -2.15. The number of aromatic nitrogens is 3. The molecule has 0 aliphatic carbocycles. The number of hydrogen-bond donors (Lipinski definition) is 1. The SMILES string of the molecule is Cc1nc(-c2nccs2)[nH]c(=O)c1F. The highest BCUT2D eigenvalue weighted by atomic mass is 32.1. The van der Waals surface area contributed by atoms with Crippen molar-refractivity contribution in [2.24, 2.45) is 0 Å². The van der Waals surface area contributed by atoms with E-state index in [2.05, 4.69) is 15.0 Å². The molecule has 72 valence electrons. The highest BCUT2D eigenvalue weighted by Crippen LogP contribution is 2.16. The van der Waals surface area contributed by atoms with Crippen LogP contribution in [0.1, 0.15) is 5.69 Å². The molecule has 14 heavy (non-hydrogen) atoms. The maximum Gasteiger partial charge on any atom is 0.287 e. The molecule has 0 fully saturated rings. The Bertz CT molecular complexity index is 506. The van der Waals surface area contributed by atoms with E-state index in [1.54, 1.807) is 11.6 Å². The van der Waals surface area contributed by atoms with E-state index in [1.165, 1.54) is 18.3 Å². The molecule has 0 saturated heterocycles. The van der Waals surface area contributed by atoms with Gasteiger partial charge in [-0.25, -0.2) is 9.97 Å². The quantitative estimate of drug-likeness (QED) is 0.774. The van der Waals surface area contributed by atoms with E-state index < -0.39 is 11.4 Å². The zero-order valence-electron chi connectivity index (χ0n) is 7.24. The van der Waals surface area contributed by atoms with E-state index in [-0.39, 0.29) is 5.69 Å². The van der Waals surface area contributed by atoms with Gasteiger partial charge in [0.2, 0.25) is 5.82 Å². The third kappa shape index (κ3) is 1.44. The van der Waals surface area contributed by atoms with Gasteiger partial charge in [-0.1, -0.05) is 0 Å². The topological polar surface area (TPSA) is 58.6 Å². The predicted molar refractivity (Wildman–Crippen MR) is 50.7 cm³/mol. The van der Waals surface area contributed by atoms with Crippen molar-refractivity contribution in [3.05, 3.63) is 33.4 Å². The average Bonchev–Trinajstić information content (AvgIpc) is 2.66. The molecule has 0 bridgehead atoms. The Morgan fingerprint density at radius 1 is 1.57 bits per heavy atom. The van der Waals surface area contributed by atoms with Crippen LogP contribution in [0.5, 0.6) is 0 Å². The zero-order valence-corrected chi connectivity index (χ0v) is 8.06. The van der Waals surface area contributed by atoms with Crippen molar-refractivity contribution in [2.45, 2.75) is 6.92 Å². The van der Waals surface area contributed by atoms with E-state index in [0.29, 0.717) is 10.8 Å². The molecule has 0 radical (unpaired) electrons. The Hall–Kier alpha value is -1.56. The first-order chi connectivity index (χ1) is 6.68. The van der Waals surface area contributed by atoms with Gasteiger partial charge < -0.3 is 4.98 Å². The molecule has 2 rings (SSSR count). The highest BCUT2D eigenvalue weighted by molar-refractivity contribution is 7.12. The fraction of sp³-hybridized carbons (Fsp3) is 0.125. The summed E-state index contributed by atoms with van der Waals surface area (Å²) in [5, 5.41) is 2.33. The number of rotatable bonds is 1. The summed E-state index contributed by atoms with van der Waals surface area (Å²) in [7, 11) is 0. The van der Waals surface area contributed by atoms with Crippen LogP contribution in [0, 0.1) is 12.7 Å². The number of aromatic amines is 1. The number of nitrogens with one attached hydrogen (secondary N) is 1. The molecule has 1 N–H and O–H groups in total. The minimum absolute atomic E-state index is 0.0824. The van der Waals surface area contributed by atoms with Gasteiger partial charge in [-0.2, -0.15) is 4.39 Å². The first-order valence-electron chi connectivity index (χ1n) is 3.85. The van der Waals surface area contributed by atoms with Crippen LogP contribution in [0.2, 0.25) is 0 Å². The van der Waals surface area contributed by atoms with Crippen LogP contribution in [0.3, 0.4) is 0 Å². The molecular weight excluding hydrogens is 205 g/mol. The number of halogens is 1. The predicted octanol–water partition coefficient (Wildman–Crippen LogP) is 1.34. The third-order valence-electron chi connectivity index (χ3n) is 1.66. The summed E-state index contributed by atoms with van der Waals surface area (Å²) >= 11 is 1.33. The molecule has 0 unspecified atom stereocenters. The standard InChI is InChI=1S/C8H6FN3OS/c1-4-5(9)7(13)12-6(11-4)8-10-2-3-14-8/h2-3H,1H3,(H,11,12,13). The molecule has 0 aliphatic rings. The Morgan fingerprint density at radius 2 is 2.36 bits per heavy atom. The summed E-state index contributed by atoms with van der Waals surface area (Å²) in [6, 6.07) is 0. The molecule has 2 aromatic heterocycles. The molecule has 4 nitrogen and oxygen atoms in total. The first-order valence-corrected chi connectivity index (χ1v) is 4.72. The van der Waals surface area contributed by atoms with Gasteiger partial charge in [0, 0.05) is 11.6 Å². The second-order valence-corrected chi connectivity index (χ2v) is 3.55. The van der Waals surface area contributed by atoms with Crippen molar-refractivity contribution < 1.29 is 4.39 Å². The number of hydrogen-bond acceptors (Lipinski definition) is 4. The lowest BCUT2D eigenvalue weighted by atomic mass is 10.4.